The first kappa shape index (κ1) is 14.8. The van der Waals surface area contributed by atoms with Crippen LogP contribution in [0.1, 0.15) is 46.0 Å². The van der Waals surface area contributed by atoms with Gasteiger partial charge in [-0.15, -0.1) is 0 Å². The topological polar surface area (TPSA) is 49.6 Å². The fourth-order valence-electron chi connectivity index (χ4n) is 3.49. The lowest BCUT2D eigenvalue weighted by atomic mass is 9.92. The number of carbonyl (C=O) groups excluding carboxylic acids is 1. The van der Waals surface area contributed by atoms with Gasteiger partial charge in [0, 0.05) is 24.5 Å². The van der Waals surface area contributed by atoms with Crippen molar-refractivity contribution < 1.29 is 4.79 Å². The summed E-state index contributed by atoms with van der Waals surface area (Å²) in [6.45, 7) is 8.57. The highest BCUT2D eigenvalue weighted by Gasteiger charge is 2.33. The molecule has 0 aromatic carbocycles. The molecule has 0 aliphatic carbocycles. The Kier molecular flexibility index (Phi) is 5.22. The molecule has 2 aliphatic rings. The molecule has 2 rings (SSSR count). The Bertz CT molecular complexity index is 300. The molecule has 0 unspecified atom stereocenters. The lowest BCUT2D eigenvalue weighted by Crippen LogP contribution is -2.51. The zero-order valence-corrected chi connectivity index (χ0v) is 12.5. The second-order valence-electron chi connectivity index (χ2n) is 6.28. The molecular weight excluding hydrogens is 238 g/mol. The highest BCUT2D eigenvalue weighted by molar-refractivity contribution is 5.79. The minimum atomic E-state index is 0.255. The van der Waals surface area contributed by atoms with Crippen LogP contribution in [-0.4, -0.2) is 54.0 Å². The second-order valence-corrected chi connectivity index (χ2v) is 6.28. The van der Waals surface area contributed by atoms with Gasteiger partial charge in [-0.2, -0.15) is 0 Å². The van der Waals surface area contributed by atoms with E-state index in [1.165, 1.54) is 13.0 Å². The summed E-state index contributed by atoms with van der Waals surface area (Å²) in [7, 11) is 0. The van der Waals surface area contributed by atoms with Gasteiger partial charge < -0.3 is 15.5 Å². The Labute approximate surface area is 117 Å². The Morgan fingerprint density at radius 2 is 1.89 bits per heavy atom. The van der Waals surface area contributed by atoms with Crippen LogP contribution in [0.5, 0.6) is 0 Å². The third-order valence-corrected chi connectivity index (χ3v) is 4.68. The van der Waals surface area contributed by atoms with Crippen molar-refractivity contribution in [3.63, 3.8) is 0 Å². The van der Waals surface area contributed by atoms with Gasteiger partial charge in [0.25, 0.3) is 0 Å². The number of carbonyl (C=O) groups is 1. The molecule has 110 valence electrons. The van der Waals surface area contributed by atoms with Crippen LogP contribution in [0.2, 0.25) is 0 Å². The van der Waals surface area contributed by atoms with Gasteiger partial charge in [-0.25, -0.2) is 0 Å². The highest BCUT2D eigenvalue weighted by atomic mass is 16.2. The summed E-state index contributed by atoms with van der Waals surface area (Å²) < 4.78 is 0. The normalized spacial score (nSPS) is 30.6. The van der Waals surface area contributed by atoms with Gasteiger partial charge in [-0.1, -0.05) is 6.92 Å². The Balaban J connectivity index is 1.84. The van der Waals surface area contributed by atoms with Gasteiger partial charge >= 0.3 is 0 Å². The molecule has 1 amide bonds. The van der Waals surface area contributed by atoms with E-state index in [0.717, 1.165) is 45.3 Å². The number of piperidine rings is 2. The van der Waals surface area contributed by atoms with E-state index in [0.29, 0.717) is 11.9 Å². The average Bonchev–Trinajstić information content (AvgIpc) is 2.39. The van der Waals surface area contributed by atoms with Gasteiger partial charge in [0.2, 0.25) is 5.91 Å². The van der Waals surface area contributed by atoms with Gasteiger partial charge in [0.15, 0.2) is 0 Å². The van der Waals surface area contributed by atoms with Crippen molar-refractivity contribution in [3.8, 4) is 0 Å². The largest absolute Gasteiger partial charge is 0.340 e. The van der Waals surface area contributed by atoms with Crippen molar-refractivity contribution in [1.82, 2.24) is 9.80 Å². The molecule has 0 radical (unpaired) electrons. The van der Waals surface area contributed by atoms with Gasteiger partial charge in [-0.3, -0.25) is 4.79 Å². The minimum Gasteiger partial charge on any atom is -0.340 e. The molecule has 0 aromatic rings. The minimum absolute atomic E-state index is 0.255. The molecule has 2 aliphatic heterocycles. The first-order valence-electron chi connectivity index (χ1n) is 7.90. The van der Waals surface area contributed by atoms with E-state index < -0.39 is 0 Å². The average molecular weight is 267 g/mol. The summed E-state index contributed by atoms with van der Waals surface area (Å²) in [6, 6.07) is 0.607. The predicted molar refractivity (Wildman–Crippen MR) is 77.8 cm³/mol. The van der Waals surface area contributed by atoms with Crippen molar-refractivity contribution in [3.05, 3.63) is 0 Å². The van der Waals surface area contributed by atoms with E-state index in [2.05, 4.69) is 23.6 Å². The number of likely N-dealkylation sites (tertiary alicyclic amines) is 2. The smallest absolute Gasteiger partial charge is 0.226 e. The van der Waals surface area contributed by atoms with E-state index in [9.17, 15) is 4.79 Å². The van der Waals surface area contributed by atoms with Crippen LogP contribution in [-0.2, 0) is 4.79 Å². The maximum atomic E-state index is 12.6. The summed E-state index contributed by atoms with van der Waals surface area (Å²) in [4.78, 5) is 17.2. The second kappa shape index (κ2) is 6.71. The fraction of sp³-hybridized carbons (Fsp3) is 0.933. The monoisotopic (exact) mass is 267 g/mol. The molecule has 19 heavy (non-hydrogen) atoms. The molecule has 2 heterocycles. The molecule has 0 aromatic heterocycles. The molecule has 2 atom stereocenters. The van der Waals surface area contributed by atoms with Crippen molar-refractivity contribution in [2.24, 2.45) is 11.7 Å². The predicted octanol–water partition coefficient (Wildman–Crippen LogP) is 1.45. The number of hydrogen-bond donors (Lipinski definition) is 1. The Hall–Kier alpha value is -0.610. The molecule has 2 fully saturated rings. The third kappa shape index (κ3) is 3.69. The quantitative estimate of drug-likeness (QED) is 0.842. The van der Waals surface area contributed by atoms with Crippen LogP contribution in [0, 0.1) is 5.92 Å². The molecule has 2 saturated heterocycles. The van der Waals surface area contributed by atoms with E-state index in [1.54, 1.807) is 0 Å². The van der Waals surface area contributed by atoms with Crippen LogP contribution in [0.25, 0.3) is 0 Å². The van der Waals surface area contributed by atoms with Crippen molar-refractivity contribution in [2.45, 2.75) is 58.0 Å². The maximum Gasteiger partial charge on any atom is 0.226 e. The van der Waals surface area contributed by atoms with Crippen LogP contribution in [0.4, 0.5) is 0 Å². The number of rotatable bonds is 3. The first-order chi connectivity index (χ1) is 9.11. The number of nitrogens with zero attached hydrogens (tertiary/aromatic N) is 2. The Morgan fingerprint density at radius 3 is 2.47 bits per heavy atom. The van der Waals surface area contributed by atoms with Crippen LogP contribution in [0.3, 0.4) is 0 Å². The van der Waals surface area contributed by atoms with Gasteiger partial charge in [0.1, 0.15) is 0 Å². The highest BCUT2D eigenvalue weighted by Crippen LogP contribution is 2.24. The van der Waals surface area contributed by atoms with Crippen LogP contribution >= 0.6 is 0 Å². The van der Waals surface area contributed by atoms with Crippen molar-refractivity contribution in [1.29, 1.82) is 0 Å². The molecule has 0 bridgehead atoms. The summed E-state index contributed by atoms with van der Waals surface area (Å²) in [5.41, 5.74) is 5.97. The summed E-state index contributed by atoms with van der Waals surface area (Å²) in [5, 5.41) is 0. The van der Waals surface area contributed by atoms with Crippen molar-refractivity contribution in [2.75, 3.05) is 26.2 Å². The zero-order chi connectivity index (χ0) is 13.8. The molecule has 4 nitrogen and oxygen atoms in total. The van der Waals surface area contributed by atoms with Crippen molar-refractivity contribution >= 4 is 5.91 Å². The van der Waals surface area contributed by atoms with E-state index >= 15 is 0 Å². The van der Waals surface area contributed by atoms with E-state index in [-0.39, 0.29) is 12.0 Å². The molecule has 0 spiro atoms. The first-order valence-corrected chi connectivity index (χ1v) is 7.90. The van der Waals surface area contributed by atoms with Crippen LogP contribution < -0.4 is 5.73 Å². The van der Waals surface area contributed by atoms with Gasteiger partial charge in [0.05, 0.1) is 0 Å². The zero-order valence-electron chi connectivity index (χ0n) is 12.5. The van der Waals surface area contributed by atoms with Crippen LogP contribution in [0.15, 0.2) is 0 Å². The van der Waals surface area contributed by atoms with Gasteiger partial charge in [-0.05, 0) is 58.7 Å². The lowest BCUT2D eigenvalue weighted by molar-refractivity contribution is -0.140. The maximum absolute atomic E-state index is 12.6. The van der Waals surface area contributed by atoms with E-state index in [1.807, 2.05) is 0 Å². The molecule has 2 N–H and O–H groups in total. The Morgan fingerprint density at radius 1 is 1.21 bits per heavy atom. The summed E-state index contributed by atoms with van der Waals surface area (Å²) >= 11 is 0. The van der Waals surface area contributed by atoms with E-state index in [4.69, 9.17) is 5.73 Å². The lowest BCUT2D eigenvalue weighted by Gasteiger charge is -2.40. The summed E-state index contributed by atoms with van der Waals surface area (Å²) in [6.07, 6.45) is 5.20. The molecule has 0 saturated carbocycles. The molecule has 4 heteroatoms. The fourth-order valence-corrected chi connectivity index (χ4v) is 3.49. The third-order valence-electron chi connectivity index (χ3n) is 4.68. The number of nitrogens with two attached hydrogens (primary N) is 1. The summed E-state index contributed by atoms with van der Waals surface area (Å²) in [5.74, 6) is 0.639. The SMILES string of the molecule is CCCN1CCC(C(=O)N2CC[C@H](N)C[C@H]2C)CC1. The number of hydrogen-bond acceptors (Lipinski definition) is 3. The molecular formula is C15H29N3O. The number of amides is 1. The standard InChI is InChI=1S/C15H29N3O/c1-3-7-17-8-4-13(5-9-17)15(19)18-10-6-14(16)11-12(18)2/h12-14H,3-11,16H2,1-2H3/t12-,14+/m1/s1.